The fourth-order valence-corrected chi connectivity index (χ4v) is 11.1. The van der Waals surface area contributed by atoms with Crippen LogP contribution in [0.1, 0.15) is 50.5 Å². The first kappa shape index (κ1) is 33.9. The van der Waals surface area contributed by atoms with Crippen molar-refractivity contribution in [3.8, 4) is 0 Å². The normalized spacial score (nSPS) is 26.7. The van der Waals surface area contributed by atoms with Gasteiger partial charge in [-0.15, -0.1) is 0 Å². The summed E-state index contributed by atoms with van der Waals surface area (Å²) in [4.78, 5) is 19.6. The van der Waals surface area contributed by atoms with E-state index in [9.17, 15) is 17.6 Å². The minimum absolute atomic E-state index is 0.172. The monoisotopic (exact) mass is 684 g/mol. The van der Waals surface area contributed by atoms with Crippen LogP contribution in [0.5, 0.6) is 0 Å². The molecule has 4 heterocycles. The Morgan fingerprint density at radius 2 is 1.71 bits per heavy atom. The van der Waals surface area contributed by atoms with E-state index in [1.54, 1.807) is 30.3 Å². The minimum atomic E-state index is -3.33. The standard InChI is InChI=1S/C37H50F2N4O4S/c1-47-35(44)19-27-5-2-8-34(27)37(26-41-15-4-16-41,29-6-3-7-30(38)20-29)28-13-17-42(18-14-28)23-36(39)24-43(25-36)31-9-11-32(12-10-31)48(45,46)33-21-40-22-33/h3,6-7,9-12,20,27-28,33-34,40H,2,4-5,8,13-19,21-26H2,1H3/t27-,34+,37+/m1/s1. The zero-order valence-electron chi connectivity index (χ0n) is 28.1. The minimum Gasteiger partial charge on any atom is -0.469 e. The number of hydrogen-bond donors (Lipinski definition) is 1. The molecule has 0 unspecified atom stereocenters. The van der Waals surface area contributed by atoms with Crippen molar-refractivity contribution in [3.63, 3.8) is 0 Å². The first-order valence-electron chi connectivity index (χ1n) is 17.9. The van der Waals surface area contributed by atoms with Crippen molar-refractivity contribution in [1.82, 2.24) is 15.1 Å². The number of benzene rings is 2. The van der Waals surface area contributed by atoms with Crippen molar-refractivity contribution in [2.75, 3.05) is 77.5 Å². The summed E-state index contributed by atoms with van der Waals surface area (Å²) < 4.78 is 61.6. The third-order valence-electron chi connectivity index (χ3n) is 12.3. The summed E-state index contributed by atoms with van der Waals surface area (Å²) in [7, 11) is -1.88. The lowest BCUT2D eigenvalue weighted by Crippen LogP contribution is -2.64. The molecule has 0 amide bonds. The maximum Gasteiger partial charge on any atom is 0.305 e. The third kappa shape index (κ3) is 6.52. The summed E-state index contributed by atoms with van der Waals surface area (Å²) in [6.45, 7) is 6.42. The van der Waals surface area contributed by atoms with Crippen molar-refractivity contribution in [2.24, 2.45) is 17.8 Å². The third-order valence-corrected chi connectivity index (χ3v) is 14.4. The van der Waals surface area contributed by atoms with Crippen LogP contribution in [0.2, 0.25) is 0 Å². The molecule has 0 aromatic heterocycles. The van der Waals surface area contributed by atoms with E-state index in [1.165, 1.54) is 19.6 Å². The summed E-state index contributed by atoms with van der Waals surface area (Å²) in [6.07, 6.45) is 6.42. The SMILES string of the molecule is COC(=O)C[C@H]1CCC[C@@H]1[C@](CN1CCC1)(c1cccc(F)c1)C1CCN(CC2(F)CN(c3ccc(S(=O)(=O)C4CNC4)cc3)C2)CC1. The lowest BCUT2D eigenvalue weighted by molar-refractivity contribution is -0.142. The Bertz CT molecular complexity index is 1550. The van der Waals surface area contributed by atoms with Crippen LogP contribution in [0, 0.1) is 23.6 Å². The number of carbonyl (C=O) groups is 1. The van der Waals surface area contributed by atoms with Gasteiger partial charge in [0.25, 0.3) is 0 Å². The number of nitrogens with zero attached hydrogens (tertiary/aromatic N) is 3. The number of sulfone groups is 1. The Labute approximate surface area is 284 Å². The molecule has 262 valence electrons. The van der Waals surface area contributed by atoms with Crippen LogP contribution in [-0.4, -0.2) is 108 Å². The quantitative estimate of drug-likeness (QED) is 0.329. The number of likely N-dealkylation sites (tertiary alicyclic amines) is 2. The molecule has 4 aliphatic heterocycles. The average Bonchev–Trinajstić information content (AvgIpc) is 3.47. The molecule has 0 radical (unpaired) electrons. The molecule has 8 nitrogen and oxygen atoms in total. The number of anilines is 1. The Morgan fingerprint density at radius 1 is 0.979 bits per heavy atom. The van der Waals surface area contributed by atoms with Gasteiger partial charge in [0.1, 0.15) is 5.82 Å². The van der Waals surface area contributed by atoms with E-state index >= 15 is 4.39 Å². The summed E-state index contributed by atoms with van der Waals surface area (Å²) in [5, 5.41) is 2.65. The van der Waals surface area contributed by atoms with Gasteiger partial charge in [0.15, 0.2) is 15.5 Å². The number of alkyl halides is 1. The largest absolute Gasteiger partial charge is 0.469 e. The average molecular weight is 685 g/mol. The molecule has 7 rings (SSSR count). The molecule has 1 saturated carbocycles. The van der Waals surface area contributed by atoms with Crippen LogP contribution >= 0.6 is 0 Å². The number of methoxy groups -OCH3 is 1. The van der Waals surface area contributed by atoms with Crippen molar-refractivity contribution >= 4 is 21.5 Å². The van der Waals surface area contributed by atoms with Crippen molar-refractivity contribution < 1.29 is 26.7 Å². The molecule has 3 atom stereocenters. The van der Waals surface area contributed by atoms with Crippen LogP contribution < -0.4 is 10.2 Å². The van der Waals surface area contributed by atoms with Gasteiger partial charge in [0, 0.05) is 43.7 Å². The number of ether oxygens (including phenoxy) is 1. The van der Waals surface area contributed by atoms with Gasteiger partial charge in [-0.25, -0.2) is 17.2 Å². The maximum atomic E-state index is 16.1. The second-order valence-electron chi connectivity index (χ2n) is 15.1. The summed E-state index contributed by atoms with van der Waals surface area (Å²) in [5.41, 5.74) is 0.272. The zero-order valence-corrected chi connectivity index (χ0v) is 28.9. The first-order chi connectivity index (χ1) is 23.1. The highest BCUT2D eigenvalue weighted by Crippen LogP contribution is 2.54. The second-order valence-corrected chi connectivity index (χ2v) is 17.4. The van der Waals surface area contributed by atoms with Gasteiger partial charge in [-0.1, -0.05) is 18.6 Å². The lowest BCUT2D eigenvalue weighted by atomic mass is 9.56. The van der Waals surface area contributed by atoms with Gasteiger partial charge in [0.2, 0.25) is 0 Å². The number of rotatable bonds is 12. The van der Waals surface area contributed by atoms with Crippen molar-refractivity contribution in [1.29, 1.82) is 0 Å². The van der Waals surface area contributed by atoms with Crippen LogP contribution in [-0.2, 0) is 24.8 Å². The van der Waals surface area contributed by atoms with Crippen molar-refractivity contribution in [2.45, 2.75) is 66.2 Å². The molecule has 4 saturated heterocycles. The summed E-state index contributed by atoms with van der Waals surface area (Å²) >= 11 is 0. The molecular formula is C37H50F2N4O4S. The molecule has 2 aromatic rings. The molecule has 0 spiro atoms. The fraction of sp³-hybridized carbons (Fsp3) is 0.649. The molecule has 5 aliphatic rings. The van der Waals surface area contributed by atoms with E-state index in [0.717, 1.165) is 76.1 Å². The Hall–Kier alpha value is -2.60. The van der Waals surface area contributed by atoms with E-state index < -0.39 is 15.5 Å². The van der Waals surface area contributed by atoms with E-state index in [-0.39, 0.29) is 47.4 Å². The zero-order chi connectivity index (χ0) is 33.5. The van der Waals surface area contributed by atoms with Gasteiger partial charge in [-0.05, 0) is 118 Å². The van der Waals surface area contributed by atoms with Crippen LogP contribution in [0.25, 0.3) is 0 Å². The fourth-order valence-electron chi connectivity index (χ4n) is 9.48. The Morgan fingerprint density at radius 3 is 2.31 bits per heavy atom. The number of halogens is 2. The number of esters is 1. The van der Waals surface area contributed by atoms with Crippen molar-refractivity contribution in [3.05, 3.63) is 59.9 Å². The van der Waals surface area contributed by atoms with Crippen LogP contribution in [0.4, 0.5) is 14.5 Å². The van der Waals surface area contributed by atoms with E-state index in [4.69, 9.17) is 4.74 Å². The smallest absolute Gasteiger partial charge is 0.305 e. The van der Waals surface area contributed by atoms with Gasteiger partial charge in [-0.3, -0.25) is 9.69 Å². The van der Waals surface area contributed by atoms with Gasteiger partial charge in [0.05, 0.1) is 30.3 Å². The van der Waals surface area contributed by atoms with Crippen LogP contribution in [0.3, 0.4) is 0 Å². The van der Waals surface area contributed by atoms with E-state index in [1.807, 2.05) is 11.0 Å². The highest BCUT2D eigenvalue weighted by Gasteiger charge is 2.53. The highest BCUT2D eigenvalue weighted by atomic mass is 32.2. The molecule has 0 bridgehead atoms. The molecule has 1 aliphatic carbocycles. The molecule has 48 heavy (non-hydrogen) atoms. The molecule has 5 fully saturated rings. The molecule has 1 N–H and O–H groups in total. The van der Waals surface area contributed by atoms with Crippen LogP contribution in [0.15, 0.2) is 53.4 Å². The number of carbonyl (C=O) groups excluding carboxylic acids is 1. The van der Waals surface area contributed by atoms with E-state index in [2.05, 4.69) is 21.2 Å². The predicted molar refractivity (Wildman–Crippen MR) is 182 cm³/mol. The first-order valence-corrected chi connectivity index (χ1v) is 19.4. The van der Waals surface area contributed by atoms with Gasteiger partial charge in [-0.2, -0.15) is 0 Å². The highest BCUT2D eigenvalue weighted by molar-refractivity contribution is 7.92. The predicted octanol–water partition coefficient (Wildman–Crippen LogP) is 4.43. The van der Waals surface area contributed by atoms with Gasteiger partial charge >= 0.3 is 5.97 Å². The Balaban J connectivity index is 1.04. The lowest BCUT2D eigenvalue weighted by Gasteiger charge is -2.54. The Kier molecular flexibility index (Phi) is 9.60. The molecule has 2 aromatic carbocycles. The van der Waals surface area contributed by atoms with Gasteiger partial charge < -0.3 is 19.9 Å². The topological polar surface area (TPSA) is 82.2 Å². The number of piperidine rings is 1. The summed E-state index contributed by atoms with van der Waals surface area (Å²) in [6, 6.07) is 14.1. The molecular weight excluding hydrogens is 634 g/mol. The molecule has 11 heteroatoms. The summed E-state index contributed by atoms with van der Waals surface area (Å²) in [5.74, 6) is 0.336. The number of hydrogen-bond acceptors (Lipinski definition) is 8. The second kappa shape index (κ2) is 13.6. The number of nitrogens with one attached hydrogen (secondary N) is 1. The van der Waals surface area contributed by atoms with E-state index in [0.29, 0.717) is 36.9 Å². The maximum absolute atomic E-state index is 16.1.